The summed E-state index contributed by atoms with van der Waals surface area (Å²) in [7, 11) is 0. The highest BCUT2D eigenvalue weighted by atomic mass is 19.4. The molecule has 0 nitrogen and oxygen atoms in total. The molecule has 0 aromatic heterocycles. The lowest BCUT2D eigenvalue weighted by atomic mass is 10.2. The summed E-state index contributed by atoms with van der Waals surface area (Å²) >= 11 is 0. The van der Waals surface area contributed by atoms with E-state index in [4.69, 9.17) is 0 Å². The van der Waals surface area contributed by atoms with Crippen molar-refractivity contribution < 1.29 is 13.2 Å². The van der Waals surface area contributed by atoms with Crippen molar-refractivity contribution in [1.29, 1.82) is 0 Å². The Morgan fingerprint density at radius 3 is 2.27 bits per heavy atom. The van der Waals surface area contributed by atoms with E-state index in [1.165, 1.54) is 0 Å². The molecule has 0 bridgehead atoms. The molecule has 0 fully saturated rings. The van der Waals surface area contributed by atoms with Crippen molar-refractivity contribution in [3.63, 3.8) is 0 Å². The van der Waals surface area contributed by atoms with Crippen LogP contribution < -0.4 is 0 Å². The summed E-state index contributed by atoms with van der Waals surface area (Å²) in [6.45, 7) is 1.68. The molecule has 0 saturated carbocycles. The second kappa shape index (κ2) is 5.06. The molecule has 0 aromatic rings. The Morgan fingerprint density at radius 2 is 1.82 bits per heavy atom. The second-order valence-corrected chi connectivity index (χ2v) is 2.25. The van der Waals surface area contributed by atoms with Gasteiger partial charge in [-0.05, 0) is 19.8 Å². The fourth-order valence-corrected chi connectivity index (χ4v) is 0.664. The third kappa shape index (κ3) is 9.35. The van der Waals surface area contributed by atoms with Gasteiger partial charge in [0.25, 0.3) is 0 Å². The maximum atomic E-state index is 11.5. The summed E-state index contributed by atoms with van der Waals surface area (Å²) in [5.74, 6) is 5.35. The maximum absolute atomic E-state index is 11.5. The Balaban J connectivity index is 3.19. The molecule has 0 rings (SSSR count). The molecule has 0 amide bonds. The molecule has 0 spiro atoms. The predicted molar refractivity (Wildman–Crippen MR) is 38.0 cm³/mol. The van der Waals surface area contributed by atoms with E-state index in [1.807, 2.05) is 0 Å². The van der Waals surface area contributed by atoms with Crippen LogP contribution in [0, 0.1) is 11.8 Å². The molecule has 0 atom stereocenters. The molecule has 0 unspecified atom stereocenters. The van der Waals surface area contributed by atoms with Crippen LogP contribution in [0.15, 0.2) is 0 Å². The van der Waals surface area contributed by atoms with Crippen molar-refractivity contribution in [3.05, 3.63) is 0 Å². The van der Waals surface area contributed by atoms with Crippen LogP contribution in [-0.4, -0.2) is 6.18 Å². The molecule has 0 aliphatic rings. The molecule has 0 saturated heterocycles. The van der Waals surface area contributed by atoms with Crippen LogP contribution in [0.5, 0.6) is 0 Å². The van der Waals surface area contributed by atoms with Gasteiger partial charge in [-0.25, -0.2) is 0 Å². The molecule has 64 valence electrons. The predicted octanol–water partition coefficient (Wildman–Crippen LogP) is 3.13. The van der Waals surface area contributed by atoms with Crippen LogP contribution in [-0.2, 0) is 0 Å². The van der Waals surface area contributed by atoms with Crippen molar-refractivity contribution in [2.24, 2.45) is 0 Å². The van der Waals surface area contributed by atoms with E-state index in [0.717, 1.165) is 0 Å². The van der Waals surface area contributed by atoms with Gasteiger partial charge in [0.2, 0.25) is 0 Å². The summed E-state index contributed by atoms with van der Waals surface area (Å²) in [5, 5.41) is 0. The van der Waals surface area contributed by atoms with Gasteiger partial charge in [0, 0.05) is 12.8 Å². The fraction of sp³-hybridized carbons (Fsp3) is 0.750. The highest BCUT2D eigenvalue weighted by molar-refractivity contribution is 4.94. The summed E-state index contributed by atoms with van der Waals surface area (Å²) in [4.78, 5) is 0. The lowest BCUT2D eigenvalue weighted by Gasteiger charge is -2.03. The van der Waals surface area contributed by atoms with Gasteiger partial charge < -0.3 is 0 Å². The molecule has 0 N–H and O–H groups in total. The van der Waals surface area contributed by atoms with Crippen LogP contribution in [0.3, 0.4) is 0 Å². The Bertz CT molecular complexity index is 147. The largest absolute Gasteiger partial charge is 0.389 e. The van der Waals surface area contributed by atoms with E-state index in [9.17, 15) is 13.2 Å². The summed E-state index contributed by atoms with van der Waals surface area (Å²) in [6, 6.07) is 0. The van der Waals surface area contributed by atoms with Gasteiger partial charge in [0.05, 0.1) is 0 Å². The minimum atomic E-state index is -4.00. The minimum Gasteiger partial charge on any atom is -0.171 e. The molecular formula is C8H11F3. The van der Waals surface area contributed by atoms with Crippen LogP contribution in [0.4, 0.5) is 13.2 Å². The van der Waals surface area contributed by atoms with Crippen LogP contribution >= 0.6 is 0 Å². The van der Waals surface area contributed by atoms with E-state index in [2.05, 4.69) is 11.8 Å². The Morgan fingerprint density at radius 1 is 1.18 bits per heavy atom. The highest BCUT2D eigenvalue weighted by Crippen LogP contribution is 2.22. The topological polar surface area (TPSA) is 0 Å². The quantitative estimate of drug-likeness (QED) is 0.444. The van der Waals surface area contributed by atoms with Crippen molar-refractivity contribution in [1.82, 2.24) is 0 Å². The lowest BCUT2D eigenvalue weighted by molar-refractivity contribution is -0.135. The van der Waals surface area contributed by atoms with Gasteiger partial charge in [0.1, 0.15) is 0 Å². The monoisotopic (exact) mass is 164 g/mol. The van der Waals surface area contributed by atoms with Crippen molar-refractivity contribution >= 4 is 0 Å². The van der Waals surface area contributed by atoms with Crippen molar-refractivity contribution in [2.75, 3.05) is 0 Å². The first-order valence-corrected chi connectivity index (χ1v) is 3.52. The summed E-state index contributed by atoms with van der Waals surface area (Å²) in [6.07, 6.45) is -3.37. The molecular weight excluding hydrogens is 153 g/mol. The SMILES string of the molecule is CC#CCCCCC(F)(F)F. The van der Waals surface area contributed by atoms with Crippen molar-refractivity contribution in [3.8, 4) is 11.8 Å². The number of halogens is 3. The molecule has 0 heterocycles. The van der Waals surface area contributed by atoms with Gasteiger partial charge in [-0.2, -0.15) is 13.2 Å². The summed E-state index contributed by atoms with van der Waals surface area (Å²) in [5.41, 5.74) is 0. The number of hydrogen-bond acceptors (Lipinski definition) is 0. The van der Waals surface area contributed by atoms with Gasteiger partial charge >= 0.3 is 6.18 Å². The lowest BCUT2D eigenvalue weighted by Crippen LogP contribution is -2.05. The van der Waals surface area contributed by atoms with Gasteiger partial charge in [-0.1, -0.05) is 0 Å². The number of alkyl halides is 3. The average molecular weight is 164 g/mol. The summed E-state index contributed by atoms with van der Waals surface area (Å²) < 4.78 is 34.6. The Hall–Kier alpha value is -0.650. The zero-order valence-corrected chi connectivity index (χ0v) is 6.46. The third-order valence-electron chi connectivity index (χ3n) is 1.19. The first kappa shape index (κ1) is 10.3. The third-order valence-corrected chi connectivity index (χ3v) is 1.19. The molecule has 0 aliphatic heterocycles. The zero-order valence-electron chi connectivity index (χ0n) is 6.46. The number of rotatable bonds is 3. The number of hydrogen-bond donors (Lipinski definition) is 0. The Kier molecular flexibility index (Phi) is 4.76. The van der Waals surface area contributed by atoms with E-state index in [-0.39, 0.29) is 6.42 Å². The van der Waals surface area contributed by atoms with Gasteiger partial charge in [0.15, 0.2) is 0 Å². The van der Waals surface area contributed by atoms with E-state index in [1.54, 1.807) is 6.92 Å². The first-order chi connectivity index (χ1) is 5.06. The minimum absolute atomic E-state index is 0.193. The molecule has 0 aromatic carbocycles. The second-order valence-electron chi connectivity index (χ2n) is 2.25. The van der Waals surface area contributed by atoms with Gasteiger partial charge in [-0.3, -0.25) is 0 Å². The Labute approximate surface area is 64.8 Å². The maximum Gasteiger partial charge on any atom is 0.389 e. The van der Waals surface area contributed by atoms with E-state index in [0.29, 0.717) is 12.8 Å². The van der Waals surface area contributed by atoms with Crippen LogP contribution in [0.1, 0.15) is 32.6 Å². The fourth-order valence-electron chi connectivity index (χ4n) is 0.664. The highest BCUT2D eigenvalue weighted by Gasteiger charge is 2.25. The molecule has 0 aliphatic carbocycles. The normalized spacial score (nSPS) is 10.5. The molecule has 3 heteroatoms. The first-order valence-electron chi connectivity index (χ1n) is 3.52. The van der Waals surface area contributed by atoms with Gasteiger partial charge in [-0.15, -0.1) is 11.8 Å². The van der Waals surface area contributed by atoms with Crippen molar-refractivity contribution in [2.45, 2.75) is 38.8 Å². The number of unbranched alkanes of at least 4 members (excludes halogenated alkanes) is 2. The molecule has 0 radical (unpaired) electrons. The van der Waals surface area contributed by atoms with Crippen LogP contribution in [0.25, 0.3) is 0 Å². The standard InChI is InChI=1S/C8H11F3/c1-2-3-4-5-6-7-8(9,10)11/h4-7H2,1H3. The average Bonchev–Trinajstić information content (AvgIpc) is 1.85. The van der Waals surface area contributed by atoms with E-state index >= 15 is 0 Å². The molecule has 11 heavy (non-hydrogen) atoms. The zero-order chi connectivity index (χ0) is 8.74. The van der Waals surface area contributed by atoms with E-state index < -0.39 is 12.6 Å². The smallest absolute Gasteiger partial charge is 0.171 e. The van der Waals surface area contributed by atoms with Crippen LogP contribution in [0.2, 0.25) is 0 Å².